The van der Waals surface area contributed by atoms with E-state index in [4.69, 9.17) is 0 Å². The molecule has 1 atom stereocenters. The predicted octanol–water partition coefficient (Wildman–Crippen LogP) is -0.429. The third-order valence-electron chi connectivity index (χ3n) is 3.18. The summed E-state index contributed by atoms with van der Waals surface area (Å²) in [4.78, 5) is 28.2. The van der Waals surface area contributed by atoms with Crippen LogP contribution in [-0.2, 0) is 7.05 Å². The van der Waals surface area contributed by atoms with E-state index >= 15 is 0 Å². The van der Waals surface area contributed by atoms with Gasteiger partial charge in [0.25, 0.3) is 0 Å². The summed E-state index contributed by atoms with van der Waals surface area (Å²) in [5.74, 6) is 0. The van der Waals surface area contributed by atoms with E-state index in [1.165, 1.54) is 4.57 Å². The second-order valence-electron chi connectivity index (χ2n) is 4.30. The molecule has 6 nitrogen and oxygen atoms in total. The molecule has 1 N–H and O–H groups in total. The van der Waals surface area contributed by atoms with Crippen molar-refractivity contribution in [3.05, 3.63) is 34.5 Å². The third kappa shape index (κ3) is 1.52. The maximum absolute atomic E-state index is 11.5. The zero-order chi connectivity index (χ0) is 12.0. The van der Waals surface area contributed by atoms with Crippen LogP contribution in [0.15, 0.2) is 23.3 Å². The Kier molecular flexibility index (Phi) is 2.04. The number of rotatable bonds is 1. The minimum absolute atomic E-state index is 0.00977. The molecule has 3 heterocycles. The number of fused-ring (bicyclic) bond motifs is 2. The Morgan fingerprint density at radius 1 is 1.47 bits per heavy atom. The minimum Gasteiger partial charge on any atom is -0.329 e. The van der Waals surface area contributed by atoms with E-state index in [1.807, 2.05) is 6.08 Å². The number of hydrogen-bond acceptors (Lipinski definition) is 3. The number of urea groups is 1. The third-order valence-corrected chi connectivity index (χ3v) is 3.18. The maximum Gasteiger partial charge on any atom is 0.347 e. The van der Waals surface area contributed by atoms with E-state index in [9.17, 15) is 9.59 Å². The molecule has 2 amide bonds. The van der Waals surface area contributed by atoms with Gasteiger partial charge in [-0.25, -0.2) is 14.6 Å². The van der Waals surface area contributed by atoms with Crippen LogP contribution in [0.25, 0.3) is 5.57 Å². The number of nitrogens with one attached hydrogen (secondary N) is 1. The average molecular weight is 232 g/mol. The van der Waals surface area contributed by atoms with E-state index in [2.05, 4.69) is 10.3 Å². The van der Waals surface area contributed by atoms with Crippen LogP contribution in [0.3, 0.4) is 0 Å². The molecule has 1 aromatic rings. The summed E-state index contributed by atoms with van der Waals surface area (Å²) < 4.78 is 1.44. The fourth-order valence-corrected chi connectivity index (χ4v) is 2.25. The van der Waals surface area contributed by atoms with Crippen molar-refractivity contribution in [3.63, 3.8) is 0 Å². The molecule has 17 heavy (non-hydrogen) atoms. The van der Waals surface area contributed by atoms with E-state index in [0.717, 1.165) is 11.1 Å². The van der Waals surface area contributed by atoms with Crippen LogP contribution in [0.1, 0.15) is 5.56 Å². The maximum atomic E-state index is 11.5. The summed E-state index contributed by atoms with van der Waals surface area (Å²) in [7, 11) is 1.67. The molecule has 0 saturated carbocycles. The average Bonchev–Trinajstić information content (AvgIpc) is 2.59. The van der Waals surface area contributed by atoms with Gasteiger partial charge < -0.3 is 14.8 Å². The van der Waals surface area contributed by atoms with Crippen LogP contribution in [0.5, 0.6) is 0 Å². The first-order chi connectivity index (χ1) is 8.15. The van der Waals surface area contributed by atoms with Gasteiger partial charge in [0.05, 0.1) is 6.04 Å². The fraction of sp³-hybridized carbons (Fsp3) is 0.364. The number of aromatic nitrogens is 2. The fourth-order valence-electron chi connectivity index (χ4n) is 2.25. The van der Waals surface area contributed by atoms with Gasteiger partial charge in [-0.3, -0.25) is 0 Å². The summed E-state index contributed by atoms with van der Waals surface area (Å²) in [5, 5.41) is 2.90. The standard InChI is InChI=1S/C11H12N4O2/c1-14-5-7(4-12-10(14)16)8-2-3-15-6-9(8)13-11(15)17/h2,4-5,9H,3,6H2,1H3,(H,13,17). The Bertz CT molecular complexity index is 575. The van der Waals surface area contributed by atoms with Crippen molar-refractivity contribution in [2.45, 2.75) is 6.04 Å². The summed E-state index contributed by atoms with van der Waals surface area (Å²) >= 11 is 0. The van der Waals surface area contributed by atoms with Crippen molar-refractivity contribution in [2.24, 2.45) is 7.05 Å². The quantitative estimate of drug-likeness (QED) is 0.714. The number of aryl methyl sites for hydroxylation is 1. The molecule has 2 aliphatic heterocycles. The van der Waals surface area contributed by atoms with Gasteiger partial charge in [-0.05, 0) is 5.57 Å². The SMILES string of the molecule is Cn1cc(C2=CCN3CC2NC3=O)cnc1=O. The predicted molar refractivity (Wildman–Crippen MR) is 61.3 cm³/mol. The van der Waals surface area contributed by atoms with Crippen molar-refractivity contribution in [2.75, 3.05) is 13.1 Å². The second-order valence-corrected chi connectivity index (χ2v) is 4.30. The molecule has 0 aromatic carbocycles. The van der Waals surface area contributed by atoms with E-state index in [-0.39, 0.29) is 17.8 Å². The molecule has 88 valence electrons. The molecule has 6 heteroatoms. The van der Waals surface area contributed by atoms with Crippen molar-refractivity contribution >= 4 is 11.6 Å². The van der Waals surface area contributed by atoms with Crippen molar-refractivity contribution in [1.29, 1.82) is 0 Å². The Morgan fingerprint density at radius 3 is 3.06 bits per heavy atom. The number of carbonyl (C=O) groups excluding carboxylic acids is 1. The molecule has 1 unspecified atom stereocenters. The highest BCUT2D eigenvalue weighted by molar-refractivity contribution is 5.85. The van der Waals surface area contributed by atoms with Gasteiger partial charge in [-0.2, -0.15) is 0 Å². The summed E-state index contributed by atoms with van der Waals surface area (Å²) in [6, 6.07) is -0.0189. The molecule has 0 spiro atoms. The lowest BCUT2D eigenvalue weighted by molar-refractivity contribution is 0.222. The topological polar surface area (TPSA) is 67.2 Å². The van der Waals surface area contributed by atoms with Crippen molar-refractivity contribution in [1.82, 2.24) is 19.8 Å². The molecule has 1 aromatic heterocycles. The van der Waals surface area contributed by atoms with E-state index in [1.54, 1.807) is 24.3 Å². The van der Waals surface area contributed by atoms with E-state index < -0.39 is 0 Å². The highest BCUT2D eigenvalue weighted by Gasteiger charge is 2.34. The highest BCUT2D eigenvalue weighted by atomic mass is 16.2. The number of amides is 2. The molecule has 2 aliphatic rings. The smallest absolute Gasteiger partial charge is 0.329 e. The number of hydrogen-bond donors (Lipinski definition) is 1. The lowest BCUT2D eigenvalue weighted by Gasteiger charge is -2.21. The first-order valence-electron chi connectivity index (χ1n) is 5.44. The largest absolute Gasteiger partial charge is 0.347 e. The van der Waals surface area contributed by atoms with Crippen molar-refractivity contribution < 1.29 is 4.79 Å². The van der Waals surface area contributed by atoms with Crippen LogP contribution >= 0.6 is 0 Å². The highest BCUT2D eigenvalue weighted by Crippen LogP contribution is 2.25. The first kappa shape index (κ1) is 10.1. The number of nitrogens with zero attached hydrogens (tertiary/aromatic N) is 3. The van der Waals surface area contributed by atoms with Crippen LogP contribution in [0, 0.1) is 0 Å². The van der Waals surface area contributed by atoms with Crippen LogP contribution in [0.4, 0.5) is 4.79 Å². The van der Waals surface area contributed by atoms with Gasteiger partial charge in [0.2, 0.25) is 0 Å². The second kappa shape index (κ2) is 3.44. The Hall–Kier alpha value is -2.11. The monoisotopic (exact) mass is 232 g/mol. The molecular formula is C11H12N4O2. The van der Waals surface area contributed by atoms with Gasteiger partial charge in [-0.15, -0.1) is 0 Å². The zero-order valence-corrected chi connectivity index (χ0v) is 9.38. The van der Waals surface area contributed by atoms with Crippen LogP contribution in [0.2, 0.25) is 0 Å². The van der Waals surface area contributed by atoms with Gasteiger partial charge >= 0.3 is 11.7 Å². The van der Waals surface area contributed by atoms with Crippen LogP contribution < -0.4 is 11.0 Å². The molecule has 1 saturated heterocycles. The lowest BCUT2D eigenvalue weighted by atomic mass is 9.99. The molecule has 3 rings (SSSR count). The summed E-state index contributed by atoms with van der Waals surface area (Å²) in [5.41, 5.74) is 1.65. The lowest BCUT2D eigenvalue weighted by Crippen LogP contribution is -2.30. The summed E-state index contributed by atoms with van der Waals surface area (Å²) in [6.07, 6.45) is 5.32. The van der Waals surface area contributed by atoms with Gasteiger partial charge in [0, 0.05) is 38.1 Å². The van der Waals surface area contributed by atoms with Gasteiger partial charge in [0.1, 0.15) is 0 Å². The molecule has 0 aliphatic carbocycles. The molecule has 2 bridgehead atoms. The molecular weight excluding hydrogens is 220 g/mol. The number of carbonyl (C=O) groups is 1. The first-order valence-corrected chi connectivity index (χ1v) is 5.44. The van der Waals surface area contributed by atoms with Crippen molar-refractivity contribution in [3.8, 4) is 0 Å². The Balaban J connectivity index is 2.00. The van der Waals surface area contributed by atoms with Gasteiger partial charge in [-0.1, -0.05) is 6.08 Å². The normalized spacial score (nSPS) is 22.4. The summed E-state index contributed by atoms with van der Waals surface area (Å²) in [6.45, 7) is 1.30. The Morgan fingerprint density at radius 2 is 2.29 bits per heavy atom. The minimum atomic E-state index is -0.276. The Labute approximate surface area is 97.6 Å². The zero-order valence-electron chi connectivity index (χ0n) is 9.38. The molecule has 1 fully saturated rings. The van der Waals surface area contributed by atoms with Crippen LogP contribution in [-0.4, -0.2) is 39.6 Å². The molecule has 0 radical (unpaired) electrons. The van der Waals surface area contributed by atoms with E-state index in [0.29, 0.717) is 13.1 Å². The van der Waals surface area contributed by atoms with Gasteiger partial charge in [0.15, 0.2) is 0 Å².